The molecule has 0 unspecified atom stereocenters. The second-order valence-electron chi connectivity index (χ2n) is 7.13. The average molecular weight is 383 g/mol. The minimum Gasteiger partial charge on any atom is -0.393 e. The molecule has 2 amide bonds. The van der Waals surface area contributed by atoms with Gasteiger partial charge in [0.25, 0.3) is 17.4 Å². The van der Waals surface area contributed by atoms with Gasteiger partial charge in [-0.15, -0.1) is 0 Å². The van der Waals surface area contributed by atoms with E-state index in [2.05, 4.69) is 10.6 Å². The molecule has 0 spiro atoms. The van der Waals surface area contributed by atoms with E-state index in [1.807, 2.05) is 30.3 Å². The fourth-order valence-electron chi connectivity index (χ4n) is 3.52. The highest BCUT2D eigenvalue weighted by atomic mass is 16.3. The number of hydrogen-bond donors (Lipinski definition) is 3. The maximum Gasteiger partial charge on any atom is 0.263 e. The molecule has 3 rings (SSSR count). The van der Waals surface area contributed by atoms with Crippen LogP contribution in [0.4, 0.5) is 0 Å². The van der Waals surface area contributed by atoms with Gasteiger partial charge in [0, 0.05) is 19.3 Å². The Labute approximate surface area is 163 Å². The van der Waals surface area contributed by atoms with E-state index in [-0.39, 0.29) is 29.6 Å². The summed E-state index contributed by atoms with van der Waals surface area (Å²) in [5.74, 6) is -0.888. The van der Waals surface area contributed by atoms with Crippen LogP contribution in [0.1, 0.15) is 52.0 Å². The number of nitrogens with one attached hydrogen (secondary N) is 2. The zero-order chi connectivity index (χ0) is 20.1. The quantitative estimate of drug-likeness (QED) is 0.724. The first-order valence-corrected chi connectivity index (χ1v) is 9.47. The first kappa shape index (κ1) is 19.8. The molecule has 0 saturated heterocycles. The minimum atomic E-state index is -0.533. The lowest BCUT2D eigenvalue weighted by molar-refractivity contribution is 0.0849. The first-order chi connectivity index (χ1) is 13.5. The number of aromatic nitrogens is 1. The van der Waals surface area contributed by atoms with Gasteiger partial charge >= 0.3 is 0 Å². The van der Waals surface area contributed by atoms with Gasteiger partial charge < -0.3 is 20.3 Å². The summed E-state index contributed by atoms with van der Waals surface area (Å²) in [5.41, 5.74) is 0.609. The summed E-state index contributed by atoms with van der Waals surface area (Å²) in [5, 5.41) is 15.2. The van der Waals surface area contributed by atoms with Gasteiger partial charge in [0.1, 0.15) is 5.56 Å². The second kappa shape index (κ2) is 8.84. The Hall–Kier alpha value is -2.93. The van der Waals surface area contributed by atoms with Gasteiger partial charge in [0.2, 0.25) is 0 Å². The number of rotatable bonds is 5. The summed E-state index contributed by atoms with van der Waals surface area (Å²) in [6.07, 6.45) is 3.98. The molecular weight excluding hydrogens is 358 g/mol. The number of aliphatic hydroxyl groups is 1. The molecule has 0 aliphatic heterocycles. The normalized spacial score (nSPS) is 19.1. The van der Waals surface area contributed by atoms with E-state index in [0.717, 1.165) is 24.8 Å². The summed E-state index contributed by atoms with van der Waals surface area (Å²) >= 11 is 0. The van der Waals surface area contributed by atoms with E-state index in [9.17, 15) is 19.5 Å². The van der Waals surface area contributed by atoms with Crippen LogP contribution >= 0.6 is 0 Å². The molecule has 148 valence electrons. The molecule has 0 bridgehead atoms. The number of aliphatic hydroxyl groups excluding tert-OH is 1. The van der Waals surface area contributed by atoms with Crippen molar-refractivity contribution >= 4 is 11.8 Å². The van der Waals surface area contributed by atoms with E-state index in [4.69, 9.17) is 0 Å². The molecule has 2 atom stereocenters. The Morgan fingerprint density at radius 2 is 1.93 bits per heavy atom. The van der Waals surface area contributed by atoms with Crippen LogP contribution in [0.5, 0.6) is 0 Å². The monoisotopic (exact) mass is 383 g/mol. The van der Waals surface area contributed by atoms with Gasteiger partial charge in [-0.25, -0.2) is 0 Å². The number of benzene rings is 1. The molecular formula is C21H25N3O4. The molecule has 28 heavy (non-hydrogen) atoms. The van der Waals surface area contributed by atoms with Gasteiger partial charge in [-0.1, -0.05) is 30.3 Å². The maximum absolute atomic E-state index is 12.8. The van der Waals surface area contributed by atoms with Crippen LogP contribution in [0.3, 0.4) is 0 Å². The fourth-order valence-corrected chi connectivity index (χ4v) is 3.52. The number of carbonyl (C=O) groups excluding carboxylic acids is 2. The fraction of sp³-hybridized carbons (Fsp3) is 0.381. The Bertz CT molecular complexity index is 908. The molecule has 1 fully saturated rings. The molecule has 0 radical (unpaired) electrons. The van der Waals surface area contributed by atoms with Crippen LogP contribution < -0.4 is 16.2 Å². The van der Waals surface area contributed by atoms with Crippen LogP contribution in [0.15, 0.2) is 47.4 Å². The molecule has 1 saturated carbocycles. The van der Waals surface area contributed by atoms with Crippen molar-refractivity contribution in [2.75, 3.05) is 7.05 Å². The maximum atomic E-state index is 12.8. The molecule has 1 heterocycles. The Balaban J connectivity index is 1.91. The highest BCUT2D eigenvalue weighted by Gasteiger charge is 2.23. The highest BCUT2D eigenvalue weighted by molar-refractivity contribution is 5.99. The second-order valence-corrected chi connectivity index (χ2v) is 7.13. The van der Waals surface area contributed by atoms with Gasteiger partial charge in [0.15, 0.2) is 0 Å². The first-order valence-electron chi connectivity index (χ1n) is 9.47. The molecule has 1 aromatic carbocycles. The van der Waals surface area contributed by atoms with Crippen molar-refractivity contribution in [2.45, 2.75) is 44.4 Å². The van der Waals surface area contributed by atoms with E-state index in [0.29, 0.717) is 6.42 Å². The smallest absolute Gasteiger partial charge is 0.263 e. The third-order valence-electron chi connectivity index (χ3n) is 5.00. The van der Waals surface area contributed by atoms with Crippen molar-refractivity contribution in [3.05, 3.63) is 69.6 Å². The molecule has 3 N–H and O–H groups in total. The zero-order valence-corrected chi connectivity index (χ0v) is 15.9. The van der Waals surface area contributed by atoms with Crippen LogP contribution in [-0.2, 0) is 6.54 Å². The third kappa shape index (κ3) is 4.67. The molecule has 7 nitrogen and oxygen atoms in total. The standard InChI is InChI=1S/C21H25N3O4/c1-22-20(27)18-10-15(19(26)23-16-8-5-9-17(25)11-16)13-24(21(18)28)12-14-6-3-2-4-7-14/h2-4,6-7,10,13,16-17,25H,5,8-9,11-12H2,1H3,(H,22,27)(H,23,26)/t16-,17-/m1/s1. The number of nitrogens with zero attached hydrogens (tertiary/aromatic N) is 1. The van der Waals surface area contributed by atoms with Crippen LogP contribution in [0.2, 0.25) is 0 Å². The largest absolute Gasteiger partial charge is 0.393 e. The van der Waals surface area contributed by atoms with Crippen molar-refractivity contribution in [1.82, 2.24) is 15.2 Å². The summed E-state index contributed by atoms with van der Waals surface area (Å²) in [6.45, 7) is 0.257. The summed E-state index contributed by atoms with van der Waals surface area (Å²) < 4.78 is 1.38. The lowest BCUT2D eigenvalue weighted by Gasteiger charge is -2.26. The van der Waals surface area contributed by atoms with Gasteiger partial charge in [-0.3, -0.25) is 14.4 Å². The highest BCUT2D eigenvalue weighted by Crippen LogP contribution is 2.18. The molecule has 7 heteroatoms. The number of amides is 2. The third-order valence-corrected chi connectivity index (χ3v) is 5.00. The Morgan fingerprint density at radius 3 is 2.61 bits per heavy atom. The van der Waals surface area contributed by atoms with Crippen molar-refractivity contribution in [3.8, 4) is 0 Å². The predicted molar refractivity (Wildman–Crippen MR) is 105 cm³/mol. The lowest BCUT2D eigenvalue weighted by Crippen LogP contribution is -2.40. The molecule has 1 aromatic heterocycles. The average Bonchev–Trinajstić information content (AvgIpc) is 2.69. The SMILES string of the molecule is CNC(=O)c1cc(C(=O)N[C@@H]2CCC[C@@H](O)C2)cn(Cc2ccccc2)c1=O. The zero-order valence-electron chi connectivity index (χ0n) is 15.9. The number of hydrogen-bond acceptors (Lipinski definition) is 4. The van der Waals surface area contributed by atoms with Crippen molar-refractivity contribution in [2.24, 2.45) is 0 Å². The predicted octanol–water partition coefficient (Wildman–Crippen LogP) is 1.29. The topological polar surface area (TPSA) is 100 Å². The summed E-state index contributed by atoms with van der Waals surface area (Å²) in [6, 6.07) is 10.6. The van der Waals surface area contributed by atoms with Crippen LogP contribution in [0, 0.1) is 0 Å². The van der Waals surface area contributed by atoms with Crippen LogP contribution in [-0.4, -0.2) is 40.7 Å². The van der Waals surface area contributed by atoms with Crippen molar-refractivity contribution in [3.63, 3.8) is 0 Å². The molecule has 1 aliphatic rings. The minimum absolute atomic E-state index is 0.0743. The van der Waals surface area contributed by atoms with Crippen molar-refractivity contribution < 1.29 is 14.7 Å². The van der Waals surface area contributed by atoms with Gasteiger partial charge in [-0.2, -0.15) is 0 Å². The van der Waals surface area contributed by atoms with Gasteiger partial charge in [-0.05, 0) is 37.3 Å². The van der Waals surface area contributed by atoms with E-state index in [1.165, 1.54) is 23.9 Å². The van der Waals surface area contributed by atoms with Crippen LogP contribution in [0.25, 0.3) is 0 Å². The number of pyridine rings is 1. The van der Waals surface area contributed by atoms with E-state index in [1.54, 1.807) is 0 Å². The summed E-state index contributed by atoms with van der Waals surface area (Å²) in [7, 11) is 1.44. The Morgan fingerprint density at radius 1 is 1.18 bits per heavy atom. The van der Waals surface area contributed by atoms with Gasteiger partial charge in [0.05, 0.1) is 18.2 Å². The summed E-state index contributed by atoms with van der Waals surface area (Å²) in [4.78, 5) is 37.6. The molecule has 2 aromatic rings. The Kier molecular flexibility index (Phi) is 6.26. The lowest BCUT2D eigenvalue weighted by atomic mass is 9.93. The molecule has 1 aliphatic carbocycles. The van der Waals surface area contributed by atoms with E-state index < -0.39 is 17.6 Å². The number of carbonyl (C=O) groups is 2. The van der Waals surface area contributed by atoms with E-state index >= 15 is 0 Å². The van der Waals surface area contributed by atoms with Crippen molar-refractivity contribution in [1.29, 1.82) is 0 Å².